The highest BCUT2D eigenvalue weighted by Gasteiger charge is 2.52. The third-order valence-electron chi connectivity index (χ3n) is 6.00. The number of nitrogens with zero attached hydrogens (tertiary/aromatic N) is 1. The Morgan fingerprint density at radius 2 is 1.75 bits per heavy atom. The van der Waals surface area contributed by atoms with Gasteiger partial charge < -0.3 is 4.74 Å². The molecule has 0 unspecified atom stereocenters. The predicted octanol–water partition coefficient (Wildman–Crippen LogP) is 6.56. The highest BCUT2D eigenvalue weighted by Crippen LogP contribution is 2.45. The fourth-order valence-electron chi connectivity index (χ4n) is 4.19. The maximum absolute atomic E-state index is 14.3. The van der Waals surface area contributed by atoms with Gasteiger partial charge in [-0.15, -0.1) is 0 Å². The van der Waals surface area contributed by atoms with Gasteiger partial charge in [0.05, 0.1) is 12.0 Å². The second-order valence-corrected chi connectivity index (χ2v) is 9.22. The number of unbranched alkanes of at least 4 members (excludes halogenated alkanes) is 5. The molecule has 2 aromatic rings. The topological polar surface area (TPSA) is 41.6 Å². The Balaban J connectivity index is 1.91. The lowest BCUT2D eigenvalue weighted by molar-refractivity contribution is -0.192. The van der Waals surface area contributed by atoms with Crippen LogP contribution in [0.2, 0.25) is 0 Å². The molecule has 32 heavy (non-hydrogen) atoms. The van der Waals surface area contributed by atoms with Crippen LogP contribution in [0.5, 0.6) is 5.75 Å². The third-order valence-corrected chi connectivity index (χ3v) is 6.00. The Morgan fingerprint density at radius 1 is 1.06 bits per heavy atom. The van der Waals surface area contributed by atoms with E-state index in [2.05, 4.69) is 12.3 Å². The number of amides is 1. The van der Waals surface area contributed by atoms with Crippen molar-refractivity contribution in [3.8, 4) is 5.75 Å². The van der Waals surface area contributed by atoms with Crippen molar-refractivity contribution in [3.05, 3.63) is 42.0 Å². The van der Waals surface area contributed by atoms with Gasteiger partial charge in [-0.1, -0.05) is 75.4 Å². The molecule has 1 N–H and O–H groups in total. The van der Waals surface area contributed by atoms with Crippen LogP contribution in [-0.4, -0.2) is 30.2 Å². The van der Waals surface area contributed by atoms with Gasteiger partial charge in [0.1, 0.15) is 5.75 Å². The van der Waals surface area contributed by atoms with Gasteiger partial charge in [-0.3, -0.25) is 10.2 Å². The summed E-state index contributed by atoms with van der Waals surface area (Å²) in [4.78, 5) is 12.2. The molecule has 1 heterocycles. The van der Waals surface area contributed by atoms with Crippen molar-refractivity contribution in [2.24, 2.45) is 5.41 Å². The number of alkyl halides is 3. The lowest BCUT2D eigenvalue weighted by Crippen LogP contribution is -2.43. The number of carbonyl (C=O) groups is 1. The van der Waals surface area contributed by atoms with Crippen LogP contribution in [-0.2, 0) is 4.79 Å². The minimum atomic E-state index is -4.59. The molecule has 2 aromatic carbocycles. The summed E-state index contributed by atoms with van der Waals surface area (Å²) in [7, 11) is 0. The summed E-state index contributed by atoms with van der Waals surface area (Å²) in [6.45, 7) is 5.76. The summed E-state index contributed by atoms with van der Waals surface area (Å²) >= 11 is 0. The molecule has 0 spiro atoms. The number of nitrogens with one attached hydrogen (secondary N) is 1. The Morgan fingerprint density at radius 3 is 2.41 bits per heavy atom. The minimum absolute atomic E-state index is 0.0279. The summed E-state index contributed by atoms with van der Waals surface area (Å²) in [6.07, 6.45) is 1.80. The van der Waals surface area contributed by atoms with Crippen molar-refractivity contribution >= 4 is 16.7 Å². The first kappa shape index (κ1) is 24.4. The number of carbonyl (C=O) groups excluding carboxylic acids is 1. The van der Waals surface area contributed by atoms with Crippen molar-refractivity contribution in [3.63, 3.8) is 0 Å². The van der Waals surface area contributed by atoms with Crippen LogP contribution in [0.15, 0.2) is 36.4 Å². The zero-order valence-corrected chi connectivity index (χ0v) is 19.1. The molecule has 7 heteroatoms. The van der Waals surface area contributed by atoms with Crippen LogP contribution in [0.4, 0.5) is 13.2 Å². The summed E-state index contributed by atoms with van der Waals surface area (Å²) in [6, 6.07) is 8.47. The van der Waals surface area contributed by atoms with E-state index in [0.29, 0.717) is 12.0 Å². The molecule has 3 rings (SSSR count). The van der Waals surface area contributed by atoms with E-state index in [4.69, 9.17) is 4.74 Å². The number of hydrazine groups is 1. The number of halogens is 3. The van der Waals surface area contributed by atoms with Crippen molar-refractivity contribution < 1.29 is 22.7 Å². The zero-order chi connectivity index (χ0) is 23.4. The second-order valence-electron chi connectivity index (χ2n) is 9.22. The summed E-state index contributed by atoms with van der Waals surface area (Å²) in [5.41, 5.74) is 1.56. The average Bonchev–Trinajstić information content (AvgIpc) is 2.99. The van der Waals surface area contributed by atoms with Crippen molar-refractivity contribution in [1.29, 1.82) is 0 Å². The minimum Gasteiger partial charge on any atom is -0.493 e. The lowest BCUT2D eigenvalue weighted by Gasteiger charge is -2.31. The fraction of sp³-hybridized carbons (Fsp3) is 0.560. The Kier molecular flexibility index (Phi) is 7.70. The maximum atomic E-state index is 14.3. The molecule has 0 radical (unpaired) electrons. The highest BCUT2D eigenvalue weighted by molar-refractivity contribution is 5.90. The molecular formula is C25H33F3N2O2. The number of benzene rings is 2. The van der Waals surface area contributed by atoms with Gasteiger partial charge in [-0.2, -0.15) is 13.2 Å². The molecule has 1 aliphatic rings. The van der Waals surface area contributed by atoms with Gasteiger partial charge in [0.25, 0.3) is 0 Å². The molecule has 176 valence electrons. The van der Waals surface area contributed by atoms with E-state index >= 15 is 0 Å². The van der Waals surface area contributed by atoms with Crippen molar-refractivity contribution in [1.82, 2.24) is 10.4 Å². The van der Waals surface area contributed by atoms with Crippen molar-refractivity contribution in [2.75, 3.05) is 13.2 Å². The van der Waals surface area contributed by atoms with Gasteiger partial charge in [-0.25, -0.2) is 5.01 Å². The van der Waals surface area contributed by atoms with Crippen LogP contribution in [0.3, 0.4) is 0 Å². The van der Waals surface area contributed by atoms with E-state index in [9.17, 15) is 18.0 Å². The van der Waals surface area contributed by atoms with Crippen LogP contribution >= 0.6 is 0 Å². The number of rotatable bonds is 10. The number of fused-ring (bicyclic) bond motifs is 1. The zero-order valence-electron chi connectivity index (χ0n) is 19.1. The lowest BCUT2D eigenvalue weighted by atomic mass is 9.93. The van der Waals surface area contributed by atoms with E-state index in [1.165, 1.54) is 18.9 Å². The monoisotopic (exact) mass is 450 g/mol. The van der Waals surface area contributed by atoms with E-state index in [-0.39, 0.29) is 17.9 Å². The number of ether oxygens (including phenoxy) is 1. The Bertz CT molecular complexity index is 927. The summed E-state index contributed by atoms with van der Waals surface area (Å²) in [5, 5.41) is 2.47. The van der Waals surface area contributed by atoms with Gasteiger partial charge in [0, 0.05) is 17.5 Å². The molecule has 1 atom stereocenters. The first-order valence-electron chi connectivity index (χ1n) is 11.4. The standard InChI is InChI=1S/C25H33F3N2O2/c1-4-5-6-7-8-11-16-32-21-19-13-10-9-12-18(19)14-15-20(21)22(25(26,27)28)30-17-24(2,3)23(31)29-30/h9-10,12-15,22H,4-8,11,16-17H2,1-3H3,(H,29,31)/t22-/m0/s1. The molecule has 0 aromatic heterocycles. The largest absolute Gasteiger partial charge is 0.493 e. The molecule has 0 bridgehead atoms. The summed E-state index contributed by atoms with van der Waals surface area (Å²) < 4.78 is 49.0. The Labute approximate surface area is 188 Å². The quantitative estimate of drug-likeness (QED) is 0.417. The Hall–Kier alpha value is -2.28. The second kappa shape index (κ2) is 10.1. The molecule has 1 saturated heterocycles. The molecule has 1 amide bonds. The first-order valence-corrected chi connectivity index (χ1v) is 11.4. The first-order chi connectivity index (χ1) is 15.1. The SMILES string of the molecule is CCCCCCCCOc1c([C@H](N2CC(C)(C)C(=O)N2)C(F)(F)F)ccc2ccccc12. The third kappa shape index (κ3) is 5.55. The fourth-order valence-corrected chi connectivity index (χ4v) is 4.19. The van der Waals surface area contributed by atoms with E-state index in [0.717, 1.165) is 36.1 Å². The normalized spacial score (nSPS) is 17.5. The van der Waals surface area contributed by atoms with Gasteiger partial charge in [0.15, 0.2) is 6.04 Å². The van der Waals surface area contributed by atoms with E-state index in [1.807, 2.05) is 12.1 Å². The maximum Gasteiger partial charge on any atom is 0.410 e. The number of hydrogen-bond donors (Lipinski definition) is 1. The van der Waals surface area contributed by atoms with E-state index < -0.39 is 23.5 Å². The number of hydrogen-bond acceptors (Lipinski definition) is 3. The molecule has 0 saturated carbocycles. The highest BCUT2D eigenvalue weighted by atomic mass is 19.4. The predicted molar refractivity (Wildman–Crippen MR) is 120 cm³/mol. The van der Waals surface area contributed by atoms with Gasteiger partial charge >= 0.3 is 6.18 Å². The smallest absolute Gasteiger partial charge is 0.410 e. The van der Waals surface area contributed by atoms with Crippen LogP contribution in [0.25, 0.3) is 10.8 Å². The van der Waals surface area contributed by atoms with Gasteiger partial charge in [0.2, 0.25) is 5.91 Å². The van der Waals surface area contributed by atoms with Crippen molar-refractivity contribution in [2.45, 2.75) is 71.5 Å². The molecule has 0 aliphatic carbocycles. The van der Waals surface area contributed by atoms with Gasteiger partial charge in [-0.05, 0) is 25.7 Å². The van der Waals surface area contributed by atoms with E-state index in [1.54, 1.807) is 32.0 Å². The van der Waals surface area contributed by atoms with Crippen LogP contribution in [0.1, 0.15) is 70.9 Å². The molecular weight excluding hydrogens is 417 g/mol. The molecule has 1 fully saturated rings. The van der Waals surface area contributed by atoms with Crippen LogP contribution < -0.4 is 10.2 Å². The average molecular weight is 451 g/mol. The van der Waals surface area contributed by atoms with Crippen LogP contribution in [0, 0.1) is 5.41 Å². The summed E-state index contributed by atoms with van der Waals surface area (Å²) in [5.74, 6) is -0.167. The molecule has 4 nitrogen and oxygen atoms in total. The molecule has 1 aliphatic heterocycles.